The molecule has 1 aromatic carbocycles. The highest BCUT2D eigenvalue weighted by molar-refractivity contribution is 9.10. The maximum absolute atomic E-state index is 12.4. The highest BCUT2D eigenvalue weighted by Gasteiger charge is 2.24. The van der Waals surface area contributed by atoms with Crippen molar-refractivity contribution in [1.82, 2.24) is 10.2 Å². The maximum atomic E-state index is 12.4. The lowest BCUT2D eigenvalue weighted by Gasteiger charge is -2.32. The van der Waals surface area contributed by atoms with Crippen LogP contribution in [0, 0.1) is 0 Å². The fraction of sp³-hybridized carbons (Fsp3) is 0.471. The highest BCUT2D eigenvalue weighted by atomic mass is 79.9. The van der Waals surface area contributed by atoms with Crippen LogP contribution in [-0.2, 0) is 9.59 Å². The van der Waals surface area contributed by atoms with Crippen LogP contribution >= 0.6 is 15.9 Å². The quantitative estimate of drug-likeness (QED) is 0.853. The van der Waals surface area contributed by atoms with Crippen molar-refractivity contribution in [2.45, 2.75) is 38.6 Å². The first-order valence-electron chi connectivity index (χ1n) is 7.79. The standard InChI is InChI=1S/C17H21BrN2O3/c1-12(21)5-6-16(22)19-15-7-9-20(10-8-15)17(23)13-3-2-4-14(18)11-13/h2-4,11,15H,5-10H2,1H3,(H,19,22). The number of carbonyl (C=O) groups is 3. The number of Topliss-reactive ketones (excluding diaryl/α,β-unsaturated/α-hetero) is 1. The molecule has 1 heterocycles. The first-order valence-corrected chi connectivity index (χ1v) is 8.58. The van der Waals surface area contributed by atoms with Crippen LogP contribution in [0.5, 0.6) is 0 Å². The number of benzene rings is 1. The molecule has 0 aliphatic carbocycles. The average molecular weight is 381 g/mol. The van der Waals surface area contributed by atoms with Crippen LogP contribution in [-0.4, -0.2) is 41.6 Å². The number of amides is 2. The maximum Gasteiger partial charge on any atom is 0.253 e. The lowest BCUT2D eigenvalue weighted by Crippen LogP contribution is -2.46. The molecule has 1 aromatic rings. The van der Waals surface area contributed by atoms with E-state index in [0.717, 1.165) is 17.3 Å². The van der Waals surface area contributed by atoms with Gasteiger partial charge in [0, 0.05) is 42.0 Å². The van der Waals surface area contributed by atoms with Crippen LogP contribution in [0.25, 0.3) is 0 Å². The van der Waals surface area contributed by atoms with E-state index in [9.17, 15) is 14.4 Å². The average Bonchev–Trinajstić information content (AvgIpc) is 2.53. The Morgan fingerprint density at radius 2 is 1.91 bits per heavy atom. The molecule has 5 nitrogen and oxygen atoms in total. The van der Waals surface area contributed by atoms with Crippen molar-refractivity contribution in [2.24, 2.45) is 0 Å². The minimum absolute atomic E-state index is 0.0210. The summed E-state index contributed by atoms with van der Waals surface area (Å²) < 4.78 is 0.885. The predicted molar refractivity (Wildman–Crippen MR) is 91.1 cm³/mol. The lowest BCUT2D eigenvalue weighted by molar-refractivity contribution is -0.125. The number of piperidine rings is 1. The highest BCUT2D eigenvalue weighted by Crippen LogP contribution is 2.17. The van der Waals surface area contributed by atoms with Gasteiger partial charge in [-0.05, 0) is 38.0 Å². The molecule has 0 unspecified atom stereocenters. The number of hydrogen-bond donors (Lipinski definition) is 1. The summed E-state index contributed by atoms with van der Waals surface area (Å²) in [5, 5.41) is 2.95. The molecular formula is C17H21BrN2O3. The first-order chi connectivity index (χ1) is 11.0. The Hall–Kier alpha value is -1.69. The van der Waals surface area contributed by atoms with Crippen LogP contribution in [0.1, 0.15) is 43.0 Å². The largest absolute Gasteiger partial charge is 0.353 e. The molecule has 2 amide bonds. The zero-order valence-electron chi connectivity index (χ0n) is 13.2. The van der Waals surface area contributed by atoms with Gasteiger partial charge in [0.1, 0.15) is 5.78 Å². The van der Waals surface area contributed by atoms with Crippen molar-refractivity contribution in [2.75, 3.05) is 13.1 Å². The molecule has 0 spiro atoms. The Morgan fingerprint density at radius 1 is 1.22 bits per heavy atom. The van der Waals surface area contributed by atoms with E-state index in [1.54, 1.807) is 0 Å². The van der Waals surface area contributed by atoms with Gasteiger partial charge in [-0.2, -0.15) is 0 Å². The minimum Gasteiger partial charge on any atom is -0.353 e. The van der Waals surface area contributed by atoms with E-state index in [1.165, 1.54) is 6.92 Å². The summed E-state index contributed by atoms with van der Waals surface area (Å²) in [6.07, 6.45) is 2.01. The van der Waals surface area contributed by atoms with Gasteiger partial charge in [0.25, 0.3) is 5.91 Å². The number of nitrogens with zero attached hydrogens (tertiary/aromatic N) is 1. The topological polar surface area (TPSA) is 66.5 Å². The first kappa shape index (κ1) is 17.7. The van der Waals surface area contributed by atoms with Crippen LogP contribution in [0.2, 0.25) is 0 Å². The van der Waals surface area contributed by atoms with Crippen LogP contribution < -0.4 is 5.32 Å². The Bertz CT molecular complexity index is 595. The molecule has 1 fully saturated rings. The third kappa shape index (κ3) is 5.46. The SMILES string of the molecule is CC(=O)CCC(=O)NC1CCN(C(=O)c2cccc(Br)c2)CC1. The molecule has 2 rings (SSSR count). The summed E-state index contributed by atoms with van der Waals surface area (Å²) in [6, 6.07) is 7.44. The fourth-order valence-electron chi connectivity index (χ4n) is 2.62. The van der Waals surface area contributed by atoms with Gasteiger partial charge in [-0.15, -0.1) is 0 Å². The van der Waals surface area contributed by atoms with Gasteiger partial charge in [-0.25, -0.2) is 0 Å². The van der Waals surface area contributed by atoms with Gasteiger partial charge < -0.3 is 15.0 Å². The Kier molecular flexibility index (Phi) is 6.33. The zero-order valence-corrected chi connectivity index (χ0v) is 14.8. The molecule has 23 heavy (non-hydrogen) atoms. The molecule has 1 saturated heterocycles. The van der Waals surface area contributed by atoms with Crippen molar-refractivity contribution in [1.29, 1.82) is 0 Å². The van der Waals surface area contributed by atoms with Gasteiger partial charge in [-0.1, -0.05) is 22.0 Å². The monoisotopic (exact) mass is 380 g/mol. The van der Waals surface area contributed by atoms with E-state index in [4.69, 9.17) is 0 Å². The molecular weight excluding hydrogens is 360 g/mol. The minimum atomic E-state index is -0.0861. The number of halogens is 1. The molecule has 1 aliphatic rings. The molecule has 0 aromatic heterocycles. The predicted octanol–water partition coefficient (Wildman–Crippen LogP) is 2.54. The molecule has 0 radical (unpaired) electrons. The van der Waals surface area contributed by atoms with E-state index in [2.05, 4.69) is 21.2 Å². The fourth-order valence-corrected chi connectivity index (χ4v) is 3.02. The number of likely N-dealkylation sites (tertiary alicyclic amines) is 1. The normalized spacial score (nSPS) is 15.3. The van der Waals surface area contributed by atoms with E-state index in [0.29, 0.717) is 18.7 Å². The van der Waals surface area contributed by atoms with Gasteiger partial charge >= 0.3 is 0 Å². The van der Waals surface area contributed by atoms with Gasteiger partial charge in [0.05, 0.1) is 0 Å². The Morgan fingerprint density at radius 3 is 2.52 bits per heavy atom. The number of rotatable bonds is 5. The van der Waals surface area contributed by atoms with E-state index in [-0.39, 0.29) is 36.5 Å². The van der Waals surface area contributed by atoms with Crippen molar-refractivity contribution in [3.8, 4) is 0 Å². The zero-order chi connectivity index (χ0) is 16.8. The Balaban J connectivity index is 1.80. The second-order valence-electron chi connectivity index (χ2n) is 5.85. The van der Waals surface area contributed by atoms with Gasteiger partial charge in [-0.3, -0.25) is 9.59 Å². The molecule has 0 bridgehead atoms. The summed E-state index contributed by atoms with van der Waals surface area (Å²) in [5.41, 5.74) is 0.670. The summed E-state index contributed by atoms with van der Waals surface area (Å²) in [5.74, 6) is -0.0424. The van der Waals surface area contributed by atoms with Gasteiger partial charge in [0.2, 0.25) is 5.91 Å². The smallest absolute Gasteiger partial charge is 0.253 e. The van der Waals surface area contributed by atoms with Crippen LogP contribution in [0.4, 0.5) is 0 Å². The van der Waals surface area contributed by atoms with E-state index < -0.39 is 0 Å². The molecule has 6 heteroatoms. The second kappa shape index (κ2) is 8.24. The number of nitrogens with one attached hydrogen (secondary N) is 1. The van der Waals surface area contributed by atoms with Crippen molar-refractivity contribution >= 4 is 33.5 Å². The lowest BCUT2D eigenvalue weighted by atomic mass is 10.0. The number of ketones is 1. The van der Waals surface area contributed by atoms with Crippen molar-refractivity contribution < 1.29 is 14.4 Å². The summed E-state index contributed by atoms with van der Waals surface area (Å²) >= 11 is 3.37. The molecule has 0 saturated carbocycles. The molecule has 124 valence electrons. The van der Waals surface area contributed by atoms with E-state index >= 15 is 0 Å². The van der Waals surface area contributed by atoms with E-state index in [1.807, 2.05) is 29.2 Å². The van der Waals surface area contributed by atoms with Gasteiger partial charge in [0.15, 0.2) is 0 Å². The summed E-state index contributed by atoms with van der Waals surface area (Å²) in [4.78, 5) is 36.9. The number of hydrogen-bond acceptors (Lipinski definition) is 3. The molecule has 0 atom stereocenters. The summed E-state index contributed by atoms with van der Waals surface area (Å²) in [6.45, 7) is 2.74. The number of carbonyl (C=O) groups excluding carboxylic acids is 3. The second-order valence-corrected chi connectivity index (χ2v) is 6.76. The third-order valence-electron chi connectivity index (χ3n) is 3.92. The van der Waals surface area contributed by atoms with Crippen molar-refractivity contribution in [3.05, 3.63) is 34.3 Å². The van der Waals surface area contributed by atoms with Crippen LogP contribution in [0.3, 0.4) is 0 Å². The van der Waals surface area contributed by atoms with Crippen molar-refractivity contribution in [3.63, 3.8) is 0 Å². The molecule has 1 N–H and O–H groups in total. The Labute approximate surface area is 144 Å². The third-order valence-corrected chi connectivity index (χ3v) is 4.42. The summed E-state index contributed by atoms with van der Waals surface area (Å²) in [7, 11) is 0. The molecule has 1 aliphatic heterocycles. The van der Waals surface area contributed by atoms with Crippen LogP contribution in [0.15, 0.2) is 28.7 Å².